The lowest BCUT2D eigenvalue weighted by atomic mass is 9.85. The molecule has 1 unspecified atom stereocenters. The highest BCUT2D eigenvalue weighted by Gasteiger charge is 2.24. The average molecular weight is 315 g/mol. The van der Waals surface area contributed by atoms with E-state index in [0.29, 0.717) is 0 Å². The minimum atomic E-state index is 0.763. The predicted octanol–water partition coefficient (Wildman–Crippen LogP) is 4.78. The molecule has 0 aromatic heterocycles. The zero-order chi connectivity index (χ0) is 16.2. The van der Waals surface area contributed by atoms with Crippen molar-refractivity contribution in [2.75, 3.05) is 31.1 Å². The molecule has 1 heterocycles. The molecule has 2 nitrogen and oxygen atoms in total. The molecule has 0 spiro atoms. The average Bonchev–Trinajstić information content (AvgIpc) is 2.58. The number of nitrogens with zero attached hydrogens (tertiary/aromatic N) is 2. The number of hydrogen-bond donors (Lipinski definition) is 0. The summed E-state index contributed by atoms with van der Waals surface area (Å²) in [7, 11) is 0. The number of hydrogen-bond acceptors (Lipinski definition) is 2. The lowest BCUT2D eigenvalue weighted by molar-refractivity contribution is 0.159. The Labute approximate surface area is 142 Å². The first-order valence-corrected chi connectivity index (χ1v) is 9.70. The van der Waals surface area contributed by atoms with Gasteiger partial charge in [-0.1, -0.05) is 44.2 Å². The number of piperazine rings is 1. The summed E-state index contributed by atoms with van der Waals surface area (Å²) in [4.78, 5) is 5.32. The van der Waals surface area contributed by atoms with Crippen LogP contribution in [0.1, 0.15) is 56.6 Å². The molecule has 1 atom stereocenters. The summed E-state index contributed by atoms with van der Waals surface area (Å²) >= 11 is 0. The summed E-state index contributed by atoms with van der Waals surface area (Å²) in [6.07, 6.45) is 8.79. The molecule has 1 aromatic rings. The second kappa shape index (κ2) is 7.70. The van der Waals surface area contributed by atoms with Gasteiger partial charge in [0.25, 0.3) is 0 Å². The molecule has 0 radical (unpaired) electrons. The maximum atomic E-state index is 2.73. The van der Waals surface area contributed by atoms with Crippen molar-refractivity contribution in [2.24, 2.45) is 5.92 Å². The van der Waals surface area contributed by atoms with E-state index in [2.05, 4.69) is 48.8 Å². The Balaban J connectivity index is 1.52. The van der Waals surface area contributed by atoms with Crippen molar-refractivity contribution >= 4 is 5.69 Å². The molecule has 128 valence electrons. The van der Waals surface area contributed by atoms with E-state index >= 15 is 0 Å². The Morgan fingerprint density at radius 3 is 2.39 bits per heavy atom. The first-order valence-electron chi connectivity index (χ1n) is 9.70. The van der Waals surface area contributed by atoms with E-state index in [1.165, 1.54) is 81.5 Å². The molecule has 1 aromatic carbocycles. The van der Waals surface area contributed by atoms with Gasteiger partial charge in [0, 0.05) is 37.9 Å². The fourth-order valence-electron chi connectivity index (χ4n) is 4.54. The number of anilines is 1. The van der Waals surface area contributed by atoms with Gasteiger partial charge in [-0.3, -0.25) is 4.90 Å². The van der Waals surface area contributed by atoms with Crippen LogP contribution in [0.3, 0.4) is 0 Å². The van der Waals surface area contributed by atoms with Crippen molar-refractivity contribution in [2.45, 2.75) is 65.3 Å². The van der Waals surface area contributed by atoms with Crippen LogP contribution in [0.15, 0.2) is 18.2 Å². The van der Waals surface area contributed by atoms with Crippen LogP contribution in [0.2, 0.25) is 0 Å². The minimum absolute atomic E-state index is 0.763. The van der Waals surface area contributed by atoms with Crippen molar-refractivity contribution in [1.29, 1.82) is 0 Å². The quantitative estimate of drug-likeness (QED) is 0.789. The van der Waals surface area contributed by atoms with Gasteiger partial charge >= 0.3 is 0 Å². The Morgan fingerprint density at radius 2 is 1.70 bits per heavy atom. The Morgan fingerprint density at radius 1 is 1.00 bits per heavy atom. The van der Waals surface area contributed by atoms with Gasteiger partial charge in [0.1, 0.15) is 0 Å². The zero-order valence-electron chi connectivity index (χ0n) is 15.4. The highest BCUT2D eigenvalue weighted by atomic mass is 15.3. The molecule has 2 fully saturated rings. The topological polar surface area (TPSA) is 6.48 Å². The summed E-state index contributed by atoms with van der Waals surface area (Å²) in [5, 5.41) is 0. The fraction of sp³-hybridized carbons (Fsp3) is 0.714. The minimum Gasteiger partial charge on any atom is -0.369 e. The second-order valence-electron chi connectivity index (χ2n) is 7.83. The van der Waals surface area contributed by atoms with E-state index in [9.17, 15) is 0 Å². The molecule has 1 saturated heterocycles. The molecule has 3 rings (SSSR count). The largest absolute Gasteiger partial charge is 0.369 e. The van der Waals surface area contributed by atoms with Crippen molar-refractivity contribution < 1.29 is 0 Å². The van der Waals surface area contributed by atoms with E-state index in [4.69, 9.17) is 0 Å². The number of benzene rings is 1. The lowest BCUT2D eigenvalue weighted by Gasteiger charge is -2.41. The Bertz CT molecular complexity index is 497. The van der Waals surface area contributed by atoms with Crippen LogP contribution in [-0.2, 0) is 0 Å². The third kappa shape index (κ3) is 4.09. The third-order valence-electron chi connectivity index (χ3n) is 6.25. The lowest BCUT2D eigenvalue weighted by Crippen LogP contribution is -2.50. The molecule has 23 heavy (non-hydrogen) atoms. The summed E-state index contributed by atoms with van der Waals surface area (Å²) < 4.78 is 0. The van der Waals surface area contributed by atoms with E-state index in [-0.39, 0.29) is 0 Å². The molecule has 2 aliphatic rings. The highest BCUT2D eigenvalue weighted by molar-refractivity contribution is 5.56. The van der Waals surface area contributed by atoms with Gasteiger partial charge in [0.15, 0.2) is 0 Å². The summed E-state index contributed by atoms with van der Waals surface area (Å²) in [6, 6.07) is 7.49. The predicted molar refractivity (Wildman–Crippen MR) is 100 cm³/mol. The van der Waals surface area contributed by atoms with Crippen molar-refractivity contribution in [3.8, 4) is 0 Å². The molecule has 1 aliphatic heterocycles. The van der Waals surface area contributed by atoms with E-state index < -0.39 is 0 Å². The molecule has 1 aliphatic carbocycles. The van der Waals surface area contributed by atoms with Crippen LogP contribution >= 0.6 is 0 Å². The van der Waals surface area contributed by atoms with Crippen molar-refractivity contribution in [1.82, 2.24) is 4.90 Å². The molecule has 1 saturated carbocycles. The van der Waals surface area contributed by atoms with Crippen LogP contribution in [0.5, 0.6) is 0 Å². The highest BCUT2D eigenvalue weighted by Crippen LogP contribution is 2.29. The fourth-order valence-corrected chi connectivity index (χ4v) is 4.54. The van der Waals surface area contributed by atoms with Gasteiger partial charge in [-0.05, 0) is 50.3 Å². The van der Waals surface area contributed by atoms with Crippen molar-refractivity contribution in [3.63, 3.8) is 0 Å². The van der Waals surface area contributed by atoms with Crippen LogP contribution in [0.4, 0.5) is 5.69 Å². The van der Waals surface area contributed by atoms with Crippen LogP contribution in [0, 0.1) is 19.8 Å². The molecule has 0 amide bonds. The van der Waals surface area contributed by atoms with Gasteiger partial charge in [-0.25, -0.2) is 0 Å². The second-order valence-corrected chi connectivity index (χ2v) is 7.83. The molecular weight excluding hydrogens is 280 g/mol. The Kier molecular flexibility index (Phi) is 5.63. The molecular formula is C21H34N2. The summed E-state index contributed by atoms with van der Waals surface area (Å²) in [5.41, 5.74) is 4.32. The van der Waals surface area contributed by atoms with Crippen LogP contribution in [-0.4, -0.2) is 37.1 Å². The third-order valence-corrected chi connectivity index (χ3v) is 6.25. The standard InChI is InChI=1S/C21H34N2/c1-17-8-7-11-21(19(17)3)23-14-12-22(13-15-23)18(2)16-20-9-5-4-6-10-20/h7-8,11,18,20H,4-6,9-10,12-16H2,1-3H3. The maximum Gasteiger partial charge on any atom is 0.0399 e. The van der Waals surface area contributed by atoms with Gasteiger partial charge in [-0.2, -0.15) is 0 Å². The van der Waals surface area contributed by atoms with Gasteiger partial charge in [0.2, 0.25) is 0 Å². The SMILES string of the molecule is Cc1cccc(N2CCN(C(C)CC3CCCCC3)CC2)c1C. The summed E-state index contributed by atoms with van der Waals surface area (Å²) in [6.45, 7) is 11.8. The number of aryl methyl sites for hydroxylation is 1. The van der Waals surface area contributed by atoms with Crippen LogP contribution < -0.4 is 4.90 Å². The molecule has 0 bridgehead atoms. The smallest absolute Gasteiger partial charge is 0.0399 e. The van der Waals surface area contributed by atoms with E-state index in [1.54, 1.807) is 0 Å². The first kappa shape index (κ1) is 16.8. The van der Waals surface area contributed by atoms with E-state index in [1.807, 2.05) is 0 Å². The van der Waals surface area contributed by atoms with Crippen LogP contribution in [0.25, 0.3) is 0 Å². The first-order chi connectivity index (χ1) is 11.1. The van der Waals surface area contributed by atoms with Gasteiger partial charge in [0.05, 0.1) is 0 Å². The molecule has 2 heteroatoms. The van der Waals surface area contributed by atoms with Gasteiger partial charge in [-0.15, -0.1) is 0 Å². The Hall–Kier alpha value is -1.02. The maximum absolute atomic E-state index is 2.73. The monoisotopic (exact) mass is 314 g/mol. The molecule has 0 N–H and O–H groups in total. The van der Waals surface area contributed by atoms with Crippen molar-refractivity contribution in [3.05, 3.63) is 29.3 Å². The van der Waals surface area contributed by atoms with Gasteiger partial charge < -0.3 is 4.90 Å². The zero-order valence-corrected chi connectivity index (χ0v) is 15.4. The summed E-state index contributed by atoms with van der Waals surface area (Å²) in [5.74, 6) is 0.996. The normalized spacial score (nSPS) is 22.3. The van der Waals surface area contributed by atoms with E-state index in [0.717, 1.165) is 12.0 Å². The number of rotatable bonds is 4.